The van der Waals surface area contributed by atoms with Crippen molar-refractivity contribution < 1.29 is 4.42 Å². The van der Waals surface area contributed by atoms with Crippen molar-refractivity contribution in [2.24, 2.45) is 0 Å². The molecule has 3 heteroatoms. The van der Waals surface area contributed by atoms with Gasteiger partial charge in [0.15, 0.2) is 0 Å². The van der Waals surface area contributed by atoms with Crippen LogP contribution in [0.2, 0.25) is 0 Å². The van der Waals surface area contributed by atoms with Gasteiger partial charge in [-0.3, -0.25) is 0 Å². The van der Waals surface area contributed by atoms with Gasteiger partial charge in [-0.1, -0.05) is 188 Å². The molecule has 11 rings (SSSR count). The highest BCUT2D eigenvalue weighted by molar-refractivity contribution is 6.14. The first-order chi connectivity index (χ1) is 31.3. The van der Waals surface area contributed by atoms with Gasteiger partial charge in [-0.05, 0) is 100 Å². The fourth-order valence-electron chi connectivity index (χ4n) is 8.94. The molecule has 0 spiro atoms. The van der Waals surface area contributed by atoms with Crippen LogP contribution < -0.4 is 9.80 Å². The molecule has 0 aliphatic carbocycles. The summed E-state index contributed by atoms with van der Waals surface area (Å²) in [6, 6.07) is 90.8. The predicted molar refractivity (Wildman–Crippen MR) is 265 cm³/mol. The summed E-state index contributed by atoms with van der Waals surface area (Å²) in [5, 5.41) is 2.14. The van der Waals surface area contributed by atoms with Gasteiger partial charge in [-0.2, -0.15) is 0 Å². The Morgan fingerprint density at radius 1 is 0.254 bits per heavy atom. The van der Waals surface area contributed by atoms with Gasteiger partial charge in [0.05, 0.1) is 22.4 Å². The fraction of sp³-hybridized carbons (Fsp3) is 0. The average molecular weight is 807 g/mol. The minimum Gasteiger partial charge on any atom is -0.456 e. The van der Waals surface area contributed by atoms with Crippen molar-refractivity contribution in [1.82, 2.24) is 0 Å². The second-order valence-electron chi connectivity index (χ2n) is 15.7. The van der Waals surface area contributed by atoms with Crippen LogP contribution in [-0.2, 0) is 0 Å². The highest BCUT2D eigenvalue weighted by Gasteiger charge is 2.25. The third-order valence-corrected chi connectivity index (χ3v) is 11.8. The summed E-state index contributed by atoms with van der Waals surface area (Å²) in [7, 11) is 0. The summed E-state index contributed by atoms with van der Waals surface area (Å²) in [6.45, 7) is 0. The molecule has 1 heterocycles. The van der Waals surface area contributed by atoms with E-state index in [4.69, 9.17) is 4.42 Å². The normalized spacial score (nSPS) is 11.2. The van der Waals surface area contributed by atoms with E-state index in [2.05, 4.69) is 259 Å². The Bertz CT molecular complexity index is 3270. The number of fused-ring (bicyclic) bond motifs is 3. The predicted octanol–water partition coefficient (Wildman–Crippen LogP) is 17.2. The van der Waals surface area contributed by atoms with Crippen molar-refractivity contribution in [3.8, 4) is 44.5 Å². The zero-order valence-corrected chi connectivity index (χ0v) is 34.6. The van der Waals surface area contributed by atoms with Crippen LogP contribution in [0.15, 0.2) is 259 Å². The van der Waals surface area contributed by atoms with Gasteiger partial charge in [0.2, 0.25) is 0 Å². The van der Waals surface area contributed by atoms with Gasteiger partial charge < -0.3 is 14.2 Å². The fourth-order valence-corrected chi connectivity index (χ4v) is 8.94. The van der Waals surface area contributed by atoms with Crippen molar-refractivity contribution >= 4 is 56.1 Å². The van der Waals surface area contributed by atoms with Gasteiger partial charge in [-0.15, -0.1) is 0 Å². The molecule has 0 N–H and O–H groups in total. The van der Waals surface area contributed by atoms with Crippen LogP contribution in [0.3, 0.4) is 0 Å². The quantitative estimate of drug-likeness (QED) is 0.137. The average Bonchev–Trinajstić information content (AvgIpc) is 3.75. The van der Waals surface area contributed by atoms with Gasteiger partial charge in [0.25, 0.3) is 0 Å². The molecule has 0 radical (unpaired) electrons. The zero-order chi connectivity index (χ0) is 42.0. The Morgan fingerprint density at radius 2 is 0.619 bits per heavy atom. The van der Waals surface area contributed by atoms with Crippen LogP contribution in [0.5, 0.6) is 0 Å². The number of benzene rings is 10. The molecule has 0 atom stereocenters. The number of anilines is 6. The van der Waals surface area contributed by atoms with E-state index in [1.807, 2.05) is 6.07 Å². The second kappa shape index (κ2) is 16.6. The van der Waals surface area contributed by atoms with E-state index >= 15 is 0 Å². The third kappa shape index (κ3) is 7.22. The first-order valence-corrected chi connectivity index (χ1v) is 21.4. The summed E-state index contributed by atoms with van der Waals surface area (Å²) < 4.78 is 6.52. The molecule has 0 unspecified atom stereocenters. The van der Waals surface area contributed by atoms with Crippen LogP contribution in [0, 0.1) is 0 Å². The molecule has 298 valence electrons. The molecule has 0 aliphatic heterocycles. The van der Waals surface area contributed by atoms with Crippen molar-refractivity contribution in [3.63, 3.8) is 0 Å². The first kappa shape index (κ1) is 37.6. The Kier molecular flexibility index (Phi) is 9.89. The van der Waals surface area contributed by atoms with E-state index in [0.29, 0.717) is 0 Å². The molecule has 3 nitrogen and oxygen atoms in total. The summed E-state index contributed by atoms with van der Waals surface area (Å²) in [6.07, 6.45) is 0. The van der Waals surface area contributed by atoms with E-state index in [1.165, 1.54) is 11.1 Å². The van der Waals surface area contributed by atoms with Crippen molar-refractivity contribution in [3.05, 3.63) is 255 Å². The van der Waals surface area contributed by atoms with Crippen molar-refractivity contribution in [2.75, 3.05) is 9.80 Å². The number of para-hydroxylation sites is 3. The van der Waals surface area contributed by atoms with E-state index in [9.17, 15) is 0 Å². The number of hydrogen-bond acceptors (Lipinski definition) is 3. The number of rotatable bonds is 10. The number of furan rings is 1. The summed E-state index contributed by atoms with van der Waals surface area (Å²) >= 11 is 0. The van der Waals surface area contributed by atoms with Crippen molar-refractivity contribution in [2.45, 2.75) is 0 Å². The molecule has 0 aliphatic rings. The molecule has 63 heavy (non-hydrogen) atoms. The van der Waals surface area contributed by atoms with Gasteiger partial charge in [0.1, 0.15) is 11.2 Å². The van der Waals surface area contributed by atoms with E-state index in [-0.39, 0.29) is 0 Å². The first-order valence-electron chi connectivity index (χ1n) is 21.4. The maximum Gasteiger partial charge on any atom is 0.137 e. The van der Waals surface area contributed by atoms with E-state index in [1.54, 1.807) is 0 Å². The lowest BCUT2D eigenvalue weighted by Crippen LogP contribution is -2.14. The highest BCUT2D eigenvalue weighted by atomic mass is 16.3. The number of nitrogens with zero attached hydrogens (tertiary/aromatic N) is 2. The Labute approximate surface area is 368 Å². The molecule has 0 amide bonds. The van der Waals surface area contributed by atoms with Crippen molar-refractivity contribution in [1.29, 1.82) is 0 Å². The molecule has 0 fully saturated rings. The van der Waals surface area contributed by atoms with Crippen LogP contribution in [0.1, 0.15) is 0 Å². The van der Waals surface area contributed by atoms with Crippen LogP contribution in [0.4, 0.5) is 34.1 Å². The Hall–Kier alpha value is -8.40. The third-order valence-electron chi connectivity index (χ3n) is 11.8. The van der Waals surface area contributed by atoms with Crippen LogP contribution >= 0.6 is 0 Å². The minimum absolute atomic E-state index is 0.846. The highest BCUT2D eigenvalue weighted by Crippen LogP contribution is 2.49. The smallest absolute Gasteiger partial charge is 0.137 e. The zero-order valence-electron chi connectivity index (χ0n) is 34.6. The lowest BCUT2D eigenvalue weighted by molar-refractivity contribution is 0.669. The summed E-state index contributed by atoms with van der Waals surface area (Å²) in [5.74, 6) is 0. The van der Waals surface area contributed by atoms with Gasteiger partial charge in [-0.25, -0.2) is 0 Å². The molecular formula is C60H42N2O. The SMILES string of the molecule is c1ccc(-c2cccc(N(c3cccc(-c4ccccc4)c3)c3ccccc3-c3ccccc3N(c3cccc(-c4ccccc4)c3)c3cccc4oc5ccccc5c34)c2)cc1. The molecule has 1 aromatic heterocycles. The number of hydrogen-bond donors (Lipinski definition) is 0. The van der Waals surface area contributed by atoms with Gasteiger partial charge in [0, 0.05) is 33.6 Å². The lowest BCUT2D eigenvalue weighted by Gasteiger charge is -2.32. The Morgan fingerprint density at radius 3 is 1.14 bits per heavy atom. The minimum atomic E-state index is 0.846. The topological polar surface area (TPSA) is 19.6 Å². The van der Waals surface area contributed by atoms with E-state index < -0.39 is 0 Å². The summed E-state index contributed by atoms with van der Waals surface area (Å²) in [4.78, 5) is 4.83. The second-order valence-corrected chi connectivity index (χ2v) is 15.7. The largest absolute Gasteiger partial charge is 0.456 e. The Balaban J connectivity index is 1.15. The maximum atomic E-state index is 6.52. The van der Waals surface area contributed by atoms with Crippen LogP contribution in [0.25, 0.3) is 66.4 Å². The van der Waals surface area contributed by atoms with Crippen LogP contribution in [-0.4, -0.2) is 0 Å². The van der Waals surface area contributed by atoms with Gasteiger partial charge >= 0.3 is 0 Å². The standard InChI is InChI=1S/C60H42N2O/c1-4-20-43(21-5-1)46-26-16-29-49(40-46)61(50-30-17-27-47(41-50)44-22-6-2-7-23-44)55-35-13-10-32-52(55)53-33-11-14-36-56(53)62(51-31-18-28-48(42-51)45-24-8-3-9-25-45)57-37-19-39-59-60(57)54-34-12-15-38-58(54)63-59/h1-42H. The van der Waals surface area contributed by atoms with E-state index in [0.717, 1.165) is 89.4 Å². The lowest BCUT2D eigenvalue weighted by atomic mass is 9.97. The maximum absolute atomic E-state index is 6.52. The monoisotopic (exact) mass is 806 g/mol. The molecule has 0 bridgehead atoms. The molecule has 0 saturated heterocycles. The molecule has 11 aromatic rings. The molecule has 0 saturated carbocycles. The molecule has 10 aromatic carbocycles. The summed E-state index contributed by atoms with van der Waals surface area (Å²) in [5.41, 5.74) is 17.2. The molecular weight excluding hydrogens is 765 g/mol.